The second-order valence-electron chi connectivity index (χ2n) is 7.52. The van der Waals surface area contributed by atoms with Crippen LogP contribution in [0.3, 0.4) is 0 Å². The van der Waals surface area contributed by atoms with Gasteiger partial charge in [-0.05, 0) is 57.1 Å². The fourth-order valence-corrected chi connectivity index (χ4v) is 3.15. The zero-order valence-corrected chi connectivity index (χ0v) is 17.8. The maximum Gasteiger partial charge on any atom is 0.242 e. The van der Waals surface area contributed by atoms with Gasteiger partial charge in [-0.3, -0.25) is 9.69 Å². The maximum atomic E-state index is 11.7. The molecule has 1 aliphatic heterocycles. The Morgan fingerprint density at radius 3 is 2.61 bits per heavy atom. The first-order chi connectivity index (χ1) is 14.9. The number of amides is 1. The van der Waals surface area contributed by atoms with Gasteiger partial charge < -0.3 is 21.5 Å². The number of pyridine rings is 1. The minimum Gasteiger partial charge on any atom is -0.459 e. The summed E-state index contributed by atoms with van der Waals surface area (Å²) >= 11 is 0. The molecule has 1 atom stereocenters. The van der Waals surface area contributed by atoms with Crippen LogP contribution in [0.1, 0.15) is 26.2 Å². The van der Waals surface area contributed by atoms with Gasteiger partial charge in [0.1, 0.15) is 23.0 Å². The van der Waals surface area contributed by atoms with Crippen LogP contribution in [-0.2, 0) is 4.79 Å². The van der Waals surface area contributed by atoms with Crippen molar-refractivity contribution >= 4 is 28.9 Å². The van der Waals surface area contributed by atoms with Crippen LogP contribution in [0.15, 0.2) is 59.0 Å². The van der Waals surface area contributed by atoms with E-state index in [1.54, 1.807) is 25.1 Å². The lowest BCUT2D eigenvalue weighted by Gasteiger charge is -2.26. The number of nitrogens with one attached hydrogen (secondary N) is 1. The van der Waals surface area contributed by atoms with Gasteiger partial charge in [-0.25, -0.2) is 4.98 Å². The van der Waals surface area contributed by atoms with E-state index in [1.165, 1.54) is 19.3 Å². The molecule has 1 aromatic carbocycles. The zero-order chi connectivity index (χ0) is 22.2. The lowest BCUT2D eigenvalue weighted by atomic mass is 10.1. The van der Waals surface area contributed by atoms with Crippen molar-refractivity contribution in [3.8, 4) is 5.75 Å². The minimum atomic E-state index is -0.649. The van der Waals surface area contributed by atoms with Crippen LogP contribution in [0.25, 0.3) is 0 Å². The Kier molecular flexibility index (Phi) is 7.69. The normalized spacial score (nSPS) is 15.5. The molecule has 164 valence electrons. The highest BCUT2D eigenvalue weighted by Gasteiger charge is 2.13. The summed E-state index contributed by atoms with van der Waals surface area (Å²) in [5, 5.41) is 11.1. The summed E-state index contributed by atoms with van der Waals surface area (Å²) in [4.78, 5) is 18.2. The van der Waals surface area contributed by atoms with Crippen LogP contribution in [0, 0.1) is 0 Å². The topological polar surface area (TPSA) is 131 Å². The third kappa shape index (κ3) is 6.59. The molecule has 0 saturated carbocycles. The number of ether oxygens (including phenoxy) is 1. The second kappa shape index (κ2) is 10.6. The van der Waals surface area contributed by atoms with Crippen LogP contribution in [0.4, 0.5) is 23.0 Å². The van der Waals surface area contributed by atoms with Crippen molar-refractivity contribution in [2.45, 2.75) is 32.2 Å². The van der Waals surface area contributed by atoms with Crippen LogP contribution >= 0.6 is 0 Å². The number of nitrogens with zero attached hydrogens (tertiary/aromatic N) is 4. The summed E-state index contributed by atoms with van der Waals surface area (Å²) in [7, 11) is 0. The summed E-state index contributed by atoms with van der Waals surface area (Å²) in [5.74, 6) is 1.33. The Labute approximate surface area is 182 Å². The van der Waals surface area contributed by atoms with Crippen molar-refractivity contribution in [3.63, 3.8) is 0 Å². The molecule has 0 spiro atoms. The highest BCUT2D eigenvalue weighted by molar-refractivity contribution is 5.93. The molecule has 0 unspecified atom stereocenters. The largest absolute Gasteiger partial charge is 0.459 e. The van der Waals surface area contributed by atoms with Crippen molar-refractivity contribution in [1.29, 1.82) is 0 Å². The Bertz CT molecular complexity index is 953. The molecule has 2 aromatic rings. The Morgan fingerprint density at radius 1 is 1.19 bits per heavy atom. The fraction of sp³-hybridized carbons (Fsp3) is 0.364. The number of azo groups is 1. The predicted octanol–water partition coefficient (Wildman–Crippen LogP) is 3.74. The number of nitrogen functional groups attached to an aromatic ring is 1. The number of hydrogen-bond donors (Lipinski definition) is 3. The molecule has 3 rings (SSSR count). The van der Waals surface area contributed by atoms with Crippen LogP contribution < -0.4 is 21.5 Å². The van der Waals surface area contributed by atoms with Gasteiger partial charge in [-0.1, -0.05) is 25.1 Å². The SMILES string of the molecule is C=C(CN1CCCCC1)Oc1ccccc1/N=N/c1ccc(NC(=O)[C@H](C)N)nc1N. The van der Waals surface area contributed by atoms with E-state index in [-0.39, 0.29) is 11.7 Å². The molecular formula is C22H29N7O2. The number of benzene rings is 1. The molecule has 31 heavy (non-hydrogen) atoms. The Balaban J connectivity index is 1.67. The smallest absolute Gasteiger partial charge is 0.242 e. The van der Waals surface area contributed by atoms with E-state index in [0.29, 0.717) is 35.2 Å². The van der Waals surface area contributed by atoms with E-state index in [2.05, 4.69) is 32.0 Å². The molecule has 0 bridgehead atoms. The third-order valence-corrected chi connectivity index (χ3v) is 4.80. The van der Waals surface area contributed by atoms with Gasteiger partial charge in [0, 0.05) is 0 Å². The van der Waals surface area contributed by atoms with E-state index in [0.717, 1.165) is 13.1 Å². The predicted molar refractivity (Wildman–Crippen MR) is 122 cm³/mol. The molecule has 0 radical (unpaired) electrons. The molecule has 9 heteroatoms. The van der Waals surface area contributed by atoms with Crippen molar-refractivity contribution < 1.29 is 9.53 Å². The number of likely N-dealkylation sites (tertiary alicyclic amines) is 1. The average Bonchev–Trinajstić information content (AvgIpc) is 2.74. The third-order valence-electron chi connectivity index (χ3n) is 4.80. The van der Waals surface area contributed by atoms with E-state index >= 15 is 0 Å². The van der Waals surface area contributed by atoms with Crippen LogP contribution in [-0.4, -0.2) is 41.5 Å². The number of hydrogen-bond acceptors (Lipinski definition) is 8. The molecule has 1 aliphatic rings. The number of piperidine rings is 1. The molecular weight excluding hydrogens is 394 g/mol. The summed E-state index contributed by atoms with van der Waals surface area (Å²) in [5.41, 5.74) is 12.4. The molecule has 1 fully saturated rings. The van der Waals surface area contributed by atoms with Crippen molar-refractivity contribution in [1.82, 2.24) is 9.88 Å². The maximum absolute atomic E-state index is 11.7. The first-order valence-electron chi connectivity index (χ1n) is 10.3. The van der Waals surface area contributed by atoms with Gasteiger partial charge in [0.05, 0.1) is 12.6 Å². The zero-order valence-electron chi connectivity index (χ0n) is 17.8. The number of carbonyl (C=O) groups is 1. The molecule has 9 nitrogen and oxygen atoms in total. The summed E-state index contributed by atoms with van der Waals surface area (Å²) in [6.07, 6.45) is 3.70. The molecule has 2 heterocycles. The number of carbonyl (C=O) groups excluding carboxylic acids is 1. The highest BCUT2D eigenvalue weighted by atomic mass is 16.5. The van der Waals surface area contributed by atoms with E-state index in [4.69, 9.17) is 16.2 Å². The number of nitrogens with two attached hydrogens (primary N) is 2. The molecule has 0 aliphatic carbocycles. The number of anilines is 2. The van der Waals surface area contributed by atoms with Crippen LogP contribution in [0.5, 0.6) is 5.75 Å². The second-order valence-corrected chi connectivity index (χ2v) is 7.52. The first kappa shape index (κ1) is 22.4. The van der Waals surface area contributed by atoms with Crippen LogP contribution in [0.2, 0.25) is 0 Å². The first-order valence-corrected chi connectivity index (χ1v) is 10.3. The monoisotopic (exact) mass is 423 g/mol. The molecule has 5 N–H and O–H groups in total. The lowest BCUT2D eigenvalue weighted by molar-refractivity contribution is -0.117. The average molecular weight is 424 g/mol. The quantitative estimate of drug-likeness (QED) is 0.438. The van der Waals surface area contributed by atoms with Gasteiger partial charge >= 0.3 is 0 Å². The summed E-state index contributed by atoms with van der Waals surface area (Å²) < 4.78 is 5.96. The molecule has 1 amide bonds. The number of para-hydroxylation sites is 1. The van der Waals surface area contributed by atoms with E-state index in [9.17, 15) is 4.79 Å². The van der Waals surface area contributed by atoms with Crippen molar-refractivity contribution in [2.24, 2.45) is 16.0 Å². The van der Waals surface area contributed by atoms with E-state index < -0.39 is 6.04 Å². The Morgan fingerprint density at radius 2 is 1.90 bits per heavy atom. The molecule has 1 saturated heterocycles. The summed E-state index contributed by atoms with van der Waals surface area (Å²) in [6, 6.07) is 9.91. The lowest BCUT2D eigenvalue weighted by Crippen LogP contribution is -2.32. The van der Waals surface area contributed by atoms with Gasteiger partial charge in [-0.2, -0.15) is 0 Å². The fourth-order valence-electron chi connectivity index (χ4n) is 3.15. The standard InChI is InChI=1S/C22H29N7O2/c1-15(14-29-12-6-3-7-13-29)31-19-9-5-4-8-17(19)27-28-18-10-11-20(25-21(18)24)26-22(30)16(2)23/h4-5,8-11,16H,1,3,6-7,12-14,23H2,2H3,(H3,24,25,26,30)/b28-27+/t16-/m0/s1. The van der Waals surface area contributed by atoms with E-state index in [1.807, 2.05) is 18.2 Å². The van der Waals surface area contributed by atoms with Gasteiger partial charge in [-0.15, -0.1) is 10.2 Å². The van der Waals surface area contributed by atoms with Crippen molar-refractivity contribution in [3.05, 3.63) is 48.7 Å². The van der Waals surface area contributed by atoms with Gasteiger partial charge in [0.2, 0.25) is 5.91 Å². The van der Waals surface area contributed by atoms with Gasteiger partial charge in [0.25, 0.3) is 0 Å². The highest BCUT2D eigenvalue weighted by Crippen LogP contribution is 2.31. The minimum absolute atomic E-state index is 0.138. The van der Waals surface area contributed by atoms with Gasteiger partial charge in [0.15, 0.2) is 11.6 Å². The number of rotatable bonds is 8. The number of aromatic nitrogens is 1. The molecule has 1 aromatic heterocycles. The Hall–Kier alpha value is -3.30. The summed E-state index contributed by atoms with van der Waals surface area (Å²) in [6.45, 7) is 8.46. The van der Waals surface area contributed by atoms with Crippen molar-refractivity contribution in [2.75, 3.05) is 30.7 Å².